The average molecular weight is 474 g/mol. The molecule has 1 aliphatic heterocycles. The molecule has 0 radical (unpaired) electrons. The first kappa shape index (κ1) is 22.3. The molecule has 160 valence electrons. The number of ether oxygens (including phenoxy) is 2. The highest BCUT2D eigenvalue weighted by atomic mass is 79.9. The molecule has 0 unspecified atom stereocenters. The van der Waals surface area contributed by atoms with E-state index in [-0.39, 0.29) is 5.91 Å². The number of rotatable bonds is 8. The summed E-state index contributed by atoms with van der Waals surface area (Å²) < 4.78 is 12.2. The van der Waals surface area contributed by atoms with Crippen LogP contribution in [0.25, 0.3) is 0 Å². The zero-order valence-corrected chi connectivity index (χ0v) is 19.1. The lowest BCUT2D eigenvalue weighted by molar-refractivity contribution is -0.122. The van der Waals surface area contributed by atoms with Crippen LogP contribution in [-0.2, 0) is 11.4 Å². The van der Waals surface area contributed by atoms with Crippen molar-refractivity contribution in [3.63, 3.8) is 0 Å². The Labute approximate surface area is 186 Å². The van der Waals surface area contributed by atoms with E-state index in [0.717, 1.165) is 41.5 Å². The molecule has 1 amide bonds. The molecular formula is C23H28BrN3O3. The van der Waals surface area contributed by atoms with Crippen LogP contribution in [0.4, 0.5) is 0 Å². The van der Waals surface area contributed by atoms with Gasteiger partial charge in [0.15, 0.2) is 11.5 Å². The smallest absolute Gasteiger partial charge is 0.254 e. The van der Waals surface area contributed by atoms with Crippen LogP contribution in [0.5, 0.6) is 11.5 Å². The normalized spacial score (nSPS) is 14.6. The van der Waals surface area contributed by atoms with Gasteiger partial charge < -0.3 is 9.47 Å². The van der Waals surface area contributed by atoms with E-state index < -0.39 is 0 Å². The second-order valence-corrected chi connectivity index (χ2v) is 8.29. The van der Waals surface area contributed by atoms with Gasteiger partial charge in [0.25, 0.3) is 5.91 Å². The number of nitrogens with zero attached hydrogens (tertiary/aromatic N) is 2. The minimum Gasteiger partial charge on any atom is -0.493 e. The van der Waals surface area contributed by atoms with E-state index in [1.165, 1.54) is 12.0 Å². The van der Waals surface area contributed by atoms with E-state index in [0.29, 0.717) is 24.7 Å². The van der Waals surface area contributed by atoms with Crippen molar-refractivity contribution < 1.29 is 14.3 Å². The number of amides is 1. The van der Waals surface area contributed by atoms with Gasteiger partial charge in [-0.3, -0.25) is 9.69 Å². The Morgan fingerprint density at radius 1 is 1.20 bits per heavy atom. The number of aryl methyl sites for hydroxylation is 1. The van der Waals surface area contributed by atoms with Crippen LogP contribution in [0.3, 0.4) is 0 Å². The first-order valence-corrected chi connectivity index (χ1v) is 10.9. The summed E-state index contributed by atoms with van der Waals surface area (Å²) in [6.45, 7) is 4.84. The zero-order valence-electron chi connectivity index (χ0n) is 17.5. The summed E-state index contributed by atoms with van der Waals surface area (Å²) in [6.07, 6.45) is 5.16. The molecule has 3 rings (SSSR count). The van der Waals surface area contributed by atoms with Crippen molar-refractivity contribution in [3.8, 4) is 11.5 Å². The minimum atomic E-state index is -0.0998. The maximum absolute atomic E-state index is 12.1. The SMILES string of the molecule is COc1cc(/C=N/NC(=O)CN2CCCCC2)cc(Br)c1OCc1ccc(C)cc1. The second-order valence-electron chi connectivity index (χ2n) is 7.44. The average Bonchev–Trinajstić information content (AvgIpc) is 2.74. The largest absolute Gasteiger partial charge is 0.493 e. The maximum atomic E-state index is 12.1. The van der Waals surface area contributed by atoms with Gasteiger partial charge in [-0.25, -0.2) is 5.43 Å². The van der Waals surface area contributed by atoms with Crippen molar-refractivity contribution in [2.45, 2.75) is 32.8 Å². The summed E-state index contributed by atoms with van der Waals surface area (Å²) >= 11 is 3.55. The molecule has 1 N–H and O–H groups in total. The molecule has 7 heteroatoms. The van der Waals surface area contributed by atoms with Crippen LogP contribution in [-0.4, -0.2) is 43.8 Å². The summed E-state index contributed by atoms with van der Waals surface area (Å²) in [4.78, 5) is 14.2. The fourth-order valence-electron chi connectivity index (χ4n) is 3.33. The Hall–Kier alpha value is -2.38. The van der Waals surface area contributed by atoms with Gasteiger partial charge in [0.2, 0.25) is 0 Å². The fraction of sp³-hybridized carbons (Fsp3) is 0.391. The number of nitrogens with one attached hydrogen (secondary N) is 1. The number of benzene rings is 2. The lowest BCUT2D eigenvalue weighted by Crippen LogP contribution is -2.38. The van der Waals surface area contributed by atoms with Gasteiger partial charge in [-0.15, -0.1) is 0 Å². The van der Waals surface area contributed by atoms with Crippen LogP contribution >= 0.6 is 15.9 Å². The quantitative estimate of drug-likeness (QED) is 0.458. The molecule has 1 fully saturated rings. The predicted octanol–water partition coefficient (Wildman–Crippen LogP) is 4.28. The van der Waals surface area contributed by atoms with Crippen LogP contribution in [0.2, 0.25) is 0 Å². The van der Waals surface area contributed by atoms with Crippen LogP contribution in [0.15, 0.2) is 46.0 Å². The summed E-state index contributed by atoms with van der Waals surface area (Å²) in [5, 5.41) is 4.09. The monoisotopic (exact) mass is 473 g/mol. The third-order valence-corrected chi connectivity index (χ3v) is 5.56. The summed E-state index contributed by atoms with van der Waals surface area (Å²) in [6, 6.07) is 11.9. The van der Waals surface area contributed by atoms with Crippen LogP contribution < -0.4 is 14.9 Å². The maximum Gasteiger partial charge on any atom is 0.254 e. The van der Waals surface area contributed by atoms with E-state index in [9.17, 15) is 4.79 Å². The Balaban J connectivity index is 1.59. The molecule has 0 spiro atoms. The molecule has 2 aromatic rings. The molecule has 0 bridgehead atoms. The molecule has 0 atom stereocenters. The number of carbonyl (C=O) groups is 1. The fourth-order valence-corrected chi connectivity index (χ4v) is 3.90. The number of hydrogen-bond acceptors (Lipinski definition) is 5. The minimum absolute atomic E-state index is 0.0998. The number of hydrazone groups is 1. The predicted molar refractivity (Wildman–Crippen MR) is 122 cm³/mol. The highest BCUT2D eigenvalue weighted by molar-refractivity contribution is 9.10. The Bertz CT molecular complexity index is 878. The Morgan fingerprint density at radius 2 is 1.93 bits per heavy atom. The van der Waals surface area contributed by atoms with Crippen molar-refractivity contribution in [1.82, 2.24) is 10.3 Å². The number of hydrogen-bond donors (Lipinski definition) is 1. The number of carbonyl (C=O) groups excluding carboxylic acids is 1. The van der Waals surface area contributed by atoms with Crippen LogP contribution in [0, 0.1) is 6.92 Å². The molecule has 2 aromatic carbocycles. The highest BCUT2D eigenvalue weighted by Crippen LogP contribution is 2.36. The third-order valence-electron chi connectivity index (χ3n) is 4.97. The van der Waals surface area contributed by atoms with Gasteiger partial charge in [-0.2, -0.15) is 5.10 Å². The van der Waals surface area contributed by atoms with Gasteiger partial charge in [-0.05, 0) is 72.0 Å². The highest BCUT2D eigenvalue weighted by Gasteiger charge is 2.14. The topological polar surface area (TPSA) is 63.2 Å². The summed E-state index contributed by atoms with van der Waals surface area (Å²) in [7, 11) is 1.60. The van der Waals surface area contributed by atoms with Crippen molar-refractivity contribution in [1.29, 1.82) is 0 Å². The van der Waals surface area contributed by atoms with Crippen molar-refractivity contribution in [3.05, 3.63) is 57.6 Å². The molecule has 1 heterocycles. The number of piperidine rings is 1. The number of methoxy groups -OCH3 is 1. The third kappa shape index (κ3) is 6.57. The molecule has 0 aliphatic carbocycles. The van der Waals surface area contributed by atoms with Gasteiger partial charge in [0, 0.05) is 0 Å². The van der Waals surface area contributed by atoms with E-state index in [1.54, 1.807) is 13.3 Å². The van der Waals surface area contributed by atoms with Gasteiger partial charge in [0.05, 0.1) is 24.3 Å². The summed E-state index contributed by atoms with van der Waals surface area (Å²) in [5.41, 5.74) is 5.69. The lowest BCUT2D eigenvalue weighted by atomic mass is 10.1. The Kier molecular flexibility index (Phi) is 8.28. The summed E-state index contributed by atoms with van der Waals surface area (Å²) in [5.74, 6) is 1.12. The zero-order chi connectivity index (χ0) is 21.3. The number of halogens is 1. The Morgan fingerprint density at radius 3 is 2.63 bits per heavy atom. The first-order valence-electron chi connectivity index (χ1n) is 10.2. The first-order chi connectivity index (χ1) is 14.5. The molecular weight excluding hydrogens is 446 g/mol. The second kappa shape index (κ2) is 11.1. The molecule has 6 nitrogen and oxygen atoms in total. The van der Waals surface area contributed by atoms with E-state index in [1.807, 2.05) is 24.3 Å². The van der Waals surface area contributed by atoms with Gasteiger partial charge in [-0.1, -0.05) is 36.2 Å². The molecule has 0 aromatic heterocycles. The van der Waals surface area contributed by atoms with Gasteiger partial charge >= 0.3 is 0 Å². The van der Waals surface area contributed by atoms with E-state index in [4.69, 9.17) is 9.47 Å². The molecule has 30 heavy (non-hydrogen) atoms. The molecule has 1 saturated heterocycles. The van der Waals surface area contributed by atoms with E-state index >= 15 is 0 Å². The van der Waals surface area contributed by atoms with Crippen molar-refractivity contribution in [2.75, 3.05) is 26.7 Å². The van der Waals surface area contributed by atoms with Crippen molar-refractivity contribution in [2.24, 2.45) is 5.10 Å². The standard InChI is InChI=1S/C23H28BrN3O3/c1-17-6-8-18(9-7-17)16-30-23-20(24)12-19(13-21(23)29-2)14-25-26-22(28)15-27-10-4-3-5-11-27/h6-9,12-14H,3-5,10-11,15-16H2,1-2H3,(H,26,28)/b25-14+. The molecule has 1 aliphatic rings. The molecule has 0 saturated carbocycles. The van der Waals surface area contributed by atoms with Crippen molar-refractivity contribution >= 4 is 28.1 Å². The van der Waals surface area contributed by atoms with Gasteiger partial charge in [0.1, 0.15) is 6.61 Å². The van der Waals surface area contributed by atoms with E-state index in [2.05, 4.69) is 50.4 Å². The lowest BCUT2D eigenvalue weighted by Gasteiger charge is -2.25. The number of likely N-dealkylation sites (tertiary alicyclic amines) is 1. The van der Waals surface area contributed by atoms with Crippen LogP contribution in [0.1, 0.15) is 36.0 Å².